The van der Waals surface area contributed by atoms with E-state index in [-0.39, 0.29) is 5.56 Å². The Hall–Kier alpha value is -1.73. The second-order valence-corrected chi connectivity index (χ2v) is 5.11. The first-order valence-corrected chi connectivity index (χ1v) is 6.69. The lowest BCUT2D eigenvalue weighted by molar-refractivity contribution is -0.161. The normalized spacial score (nSPS) is 21.4. The summed E-state index contributed by atoms with van der Waals surface area (Å²) in [5, 5.41) is 9.00. The van der Waals surface area contributed by atoms with Crippen molar-refractivity contribution in [3.63, 3.8) is 0 Å². The van der Waals surface area contributed by atoms with E-state index in [0.29, 0.717) is 31.4 Å². The van der Waals surface area contributed by atoms with Gasteiger partial charge in [-0.25, -0.2) is 14.8 Å². The van der Waals surface area contributed by atoms with Crippen LogP contribution in [0.1, 0.15) is 28.9 Å². The zero-order chi connectivity index (χ0) is 14.2. The lowest BCUT2D eigenvalue weighted by Crippen LogP contribution is -2.49. The van der Waals surface area contributed by atoms with E-state index in [1.807, 2.05) is 4.90 Å². The van der Waals surface area contributed by atoms with Gasteiger partial charge in [0.15, 0.2) is 5.79 Å². The van der Waals surface area contributed by atoms with Crippen molar-refractivity contribution in [2.45, 2.75) is 25.6 Å². The molecule has 0 atom stereocenters. The van der Waals surface area contributed by atoms with Crippen LogP contribution in [-0.2, 0) is 9.47 Å². The van der Waals surface area contributed by atoms with Crippen LogP contribution in [0.4, 0.5) is 5.95 Å². The predicted octanol–water partition coefficient (Wildman–Crippen LogP) is 0.827. The first-order chi connectivity index (χ1) is 9.60. The third-order valence-electron chi connectivity index (χ3n) is 3.71. The van der Waals surface area contributed by atoms with Gasteiger partial charge in [-0.2, -0.15) is 0 Å². The number of hydrogen-bond donors (Lipinski definition) is 1. The maximum absolute atomic E-state index is 11.0. The fourth-order valence-electron chi connectivity index (χ4n) is 2.71. The molecule has 7 nitrogen and oxygen atoms in total. The average molecular weight is 279 g/mol. The Kier molecular flexibility index (Phi) is 3.31. The fraction of sp³-hybridized carbons (Fsp3) is 0.615. The molecule has 7 heteroatoms. The lowest BCUT2D eigenvalue weighted by Gasteiger charge is -2.38. The molecule has 2 fully saturated rings. The molecule has 108 valence electrons. The molecule has 20 heavy (non-hydrogen) atoms. The smallest absolute Gasteiger partial charge is 0.339 e. The van der Waals surface area contributed by atoms with E-state index in [2.05, 4.69) is 9.97 Å². The van der Waals surface area contributed by atoms with Crippen LogP contribution < -0.4 is 4.90 Å². The highest BCUT2D eigenvalue weighted by atomic mass is 16.7. The molecule has 0 saturated carbocycles. The fourth-order valence-corrected chi connectivity index (χ4v) is 2.71. The zero-order valence-electron chi connectivity index (χ0n) is 11.3. The lowest BCUT2D eigenvalue weighted by atomic mass is 10.1. The molecule has 0 aromatic carbocycles. The van der Waals surface area contributed by atoms with E-state index in [0.717, 1.165) is 19.4 Å². The van der Waals surface area contributed by atoms with Gasteiger partial charge in [0.05, 0.1) is 31.0 Å². The topological polar surface area (TPSA) is 84.8 Å². The van der Waals surface area contributed by atoms with E-state index in [1.165, 1.54) is 6.20 Å². The number of carboxylic acid groups (broad SMARTS) is 1. The molecule has 1 aromatic heterocycles. The van der Waals surface area contributed by atoms with Gasteiger partial charge in [0.1, 0.15) is 0 Å². The van der Waals surface area contributed by atoms with Gasteiger partial charge in [-0.15, -0.1) is 0 Å². The van der Waals surface area contributed by atoms with Crippen LogP contribution in [0.5, 0.6) is 0 Å². The van der Waals surface area contributed by atoms with Crippen molar-refractivity contribution in [1.29, 1.82) is 0 Å². The summed E-state index contributed by atoms with van der Waals surface area (Å²) < 4.78 is 11.4. The molecule has 2 saturated heterocycles. The monoisotopic (exact) mass is 279 g/mol. The first kappa shape index (κ1) is 13.3. The summed E-state index contributed by atoms with van der Waals surface area (Å²) in [7, 11) is 0. The summed E-state index contributed by atoms with van der Waals surface area (Å²) in [6, 6.07) is 0. The summed E-state index contributed by atoms with van der Waals surface area (Å²) in [4.78, 5) is 21.4. The van der Waals surface area contributed by atoms with Gasteiger partial charge < -0.3 is 19.5 Å². The van der Waals surface area contributed by atoms with Gasteiger partial charge in [-0.3, -0.25) is 0 Å². The van der Waals surface area contributed by atoms with Crippen molar-refractivity contribution in [1.82, 2.24) is 9.97 Å². The summed E-state index contributed by atoms with van der Waals surface area (Å²) in [5.74, 6) is -1.02. The van der Waals surface area contributed by atoms with E-state index in [4.69, 9.17) is 14.6 Å². The van der Waals surface area contributed by atoms with E-state index in [9.17, 15) is 4.79 Å². The Bertz CT molecular complexity index is 528. The van der Waals surface area contributed by atoms with Crippen LogP contribution in [0.3, 0.4) is 0 Å². The van der Waals surface area contributed by atoms with Gasteiger partial charge in [0.2, 0.25) is 5.95 Å². The number of carboxylic acids is 1. The van der Waals surface area contributed by atoms with Crippen molar-refractivity contribution in [2.24, 2.45) is 0 Å². The molecular weight excluding hydrogens is 262 g/mol. The predicted molar refractivity (Wildman–Crippen MR) is 69.8 cm³/mol. The third-order valence-corrected chi connectivity index (χ3v) is 3.71. The Morgan fingerprint density at radius 3 is 2.85 bits per heavy atom. The third kappa shape index (κ3) is 2.34. The second-order valence-electron chi connectivity index (χ2n) is 5.11. The molecule has 2 aliphatic rings. The van der Waals surface area contributed by atoms with Crippen molar-refractivity contribution < 1.29 is 19.4 Å². The molecule has 3 rings (SSSR count). The molecule has 1 N–H and O–H groups in total. The molecule has 1 spiro atoms. The quantitative estimate of drug-likeness (QED) is 0.858. The Labute approximate surface area is 116 Å². The largest absolute Gasteiger partial charge is 0.478 e. The average Bonchev–Trinajstić information content (AvgIpc) is 2.86. The van der Waals surface area contributed by atoms with Crippen molar-refractivity contribution >= 4 is 11.9 Å². The number of rotatable bonds is 2. The summed E-state index contributed by atoms with van der Waals surface area (Å²) in [6.07, 6.45) is 3.16. The van der Waals surface area contributed by atoms with Crippen LogP contribution in [0.15, 0.2) is 6.20 Å². The molecule has 0 amide bonds. The Morgan fingerprint density at radius 1 is 1.45 bits per heavy atom. The number of aromatic carboxylic acids is 1. The van der Waals surface area contributed by atoms with E-state index in [1.54, 1.807) is 6.92 Å². The number of nitrogens with zero attached hydrogens (tertiary/aromatic N) is 3. The Morgan fingerprint density at radius 2 is 2.20 bits per heavy atom. The molecule has 1 aromatic rings. The van der Waals surface area contributed by atoms with Crippen LogP contribution in [-0.4, -0.2) is 53.1 Å². The molecule has 2 aliphatic heterocycles. The number of piperidine rings is 1. The van der Waals surface area contributed by atoms with Crippen LogP contribution in [0, 0.1) is 6.92 Å². The molecular formula is C13H17N3O4. The number of hydrogen-bond acceptors (Lipinski definition) is 6. The van der Waals surface area contributed by atoms with Crippen molar-refractivity contribution in [3.8, 4) is 0 Å². The molecule has 0 radical (unpaired) electrons. The maximum atomic E-state index is 11.0. The van der Waals surface area contributed by atoms with Crippen molar-refractivity contribution in [3.05, 3.63) is 17.5 Å². The van der Waals surface area contributed by atoms with Gasteiger partial charge in [0, 0.05) is 19.2 Å². The van der Waals surface area contributed by atoms with Gasteiger partial charge in [0.25, 0.3) is 0 Å². The summed E-state index contributed by atoms with van der Waals surface area (Å²) in [5.41, 5.74) is 0.601. The standard InChI is InChI=1S/C13H17N3O4/c1-9-10(11(17)18)7-14-12(15-9)16-4-2-3-13(8-16)19-5-6-20-13/h7H,2-6,8H2,1H3,(H,17,18). The second kappa shape index (κ2) is 4.99. The SMILES string of the molecule is Cc1nc(N2CCCC3(C2)OCCO3)ncc1C(=O)O. The highest BCUT2D eigenvalue weighted by Gasteiger charge is 2.41. The van der Waals surface area contributed by atoms with Gasteiger partial charge in [-0.05, 0) is 13.3 Å². The van der Waals surface area contributed by atoms with Crippen LogP contribution in [0.25, 0.3) is 0 Å². The van der Waals surface area contributed by atoms with Gasteiger partial charge in [-0.1, -0.05) is 0 Å². The summed E-state index contributed by atoms with van der Waals surface area (Å²) in [6.45, 7) is 4.31. The Balaban J connectivity index is 1.82. The van der Waals surface area contributed by atoms with Gasteiger partial charge >= 0.3 is 5.97 Å². The van der Waals surface area contributed by atoms with Crippen LogP contribution >= 0.6 is 0 Å². The minimum absolute atomic E-state index is 0.133. The molecule has 0 bridgehead atoms. The minimum Gasteiger partial charge on any atom is -0.478 e. The number of anilines is 1. The molecule has 0 unspecified atom stereocenters. The molecule has 0 aliphatic carbocycles. The van der Waals surface area contributed by atoms with Crippen molar-refractivity contribution in [2.75, 3.05) is 31.2 Å². The van der Waals surface area contributed by atoms with Crippen LogP contribution in [0.2, 0.25) is 0 Å². The number of aryl methyl sites for hydroxylation is 1. The highest BCUT2D eigenvalue weighted by molar-refractivity contribution is 5.88. The summed E-state index contributed by atoms with van der Waals surface area (Å²) >= 11 is 0. The maximum Gasteiger partial charge on any atom is 0.339 e. The number of aromatic nitrogens is 2. The zero-order valence-corrected chi connectivity index (χ0v) is 11.3. The first-order valence-electron chi connectivity index (χ1n) is 6.69. The number of carbonyl (C=O) groups is 1. The highest BCUT2D eigenvalue weighted by Crippen LogP contribution is 2.31. The molecule has 3 heterocycles. The minimum atomic E-state index is -1.01. The van der Waals surface area contributed by atoms with E-state index < -0.39 is 11.8 Å². The van der Waals surface area contributed by atoms with E-state index >= 15 is 0 Å². The number of ether oxygens (including phenoxy) is 2.